The quantitative estimate of drug-likeness (QED) is 0.914. The summed E-state index contributed by atoms with van der Waals surface area (Å²) in [4.78, 5) is 23.3. The van der Waals surface area contributed by atoms with Crippen molar-refractivity contribution in [1.82, 2.24) is 9.97 Å². The van der Waals surface area contributed by atoms with E-state index in [1.165, 1.54) is 5.56 Å². The van der Waals surface area contributed by atoms with Gasteiger partial charge in [-0.05, 0) is 37.3 Å². The van der Waals surface area contributed by atoms with Crippen molar-refractivity contribution in [3.05, 3.63) is 47.8 Å². The SMILES string of the molecule is CC(C)CCNc1ncc(C(=O)N2c3ccccc3CC2C)cn1. The normalized spacial score (nSPS) is 16.3. The molecule has 0 radical (unpaired) electrons. The molecule has 1 aliphatic rings. The van der Waals surface area contributed by atoms with Crippen molar-refractivity contribution in [2.45, 2.75) is 39.7 Å². The van der Waals surface area contributed by atoms with Gasteiger partial charge in [-0.25, -0.2) is 9.97 Å². The Kier molecular flexibility index (Phi) is 4.79. The van der Waals surface area contributed by atoms with Crippen molar-refractivity contribution < 1.29 is 4.79 Å². The molecule has 0 saturated carbocycles. The van der Waals surface area contributed by atoms with Crippen LogP contribution in [0.3, 0.4) is 0 Å². The Morgan fingerprint density at radius 2 is 2.00 bits per heavy atom. The van der Waals surface area contributed by atoms with Crippen LogP contribution in [-0.4, -0.2) is 28.5 Å². The summed E-state index contributed by atoms with van der Waals surface area (Å²) >= 11 is 0. The van der Waals surface area contributed by atoms with Crippen LogP contribution in [0.2, 0.25) is 0 Å². The molecular formula is C19H24N4O. The molecule has 0 saturated heterocycles. The Bertz CT molecular complexity index is 712. The molecule has 1 N–H and O–H groups in total. The largest absolute Gasteiger partial charge is 0.354 e. The summed E-state index contributed by atoms with van der Waals surface area (Å²) in [5.41, 5.74) is 2.73. The van der Waals surface area contributed by atoms with Crippen LogP contribution < -0.4 is 10.2 Å². The van der Waals surface area contributed by atoms with Crippen molar-refractivity contribution >= 4 is 17.5 Å². The number of carbonyl (C=O) groups is 1. The minimum absolute atomic E-state index is 0.0406. The van der Waals surface area contributed by atoms with Crippen LogP contribution in [-0.2, 0) is 6.42 Å². The van der Waals surface area contributed by atoms with E-state index in [0.717, 1.165) is 25.1 Å². The fourth-order valence-electron chi connectivity index (χ4n) is 3.02. The zero-order valence-corrected chi connectivity index (χ0v) is 14.5. The van der Waals surface area contributed by atoms with Gasteiger partial charge in [0.15, 0.2) is 0 Å². The van der Waals surface area contributed by atoms with Gasteiger partial charge in [-0.3, -0.25) is 4.79 Å². The standard InChI is InChI=1S/C19H24N4O/c1-13(2)8-9-20-19-21-11-16(12-22-19)18(24)23-14(3)10-15-6-4-5-7-17(15)23/h4-7,11-14H,8-10H2,1-3H3,(H,20,21,22). The first-order chi connectivity index (χ1) is 11.6. The Hall–Kier alpha value is -2.43. The third-order valence-corrected chi connectivity index (χ3v) is 4.33. The molecule has 2 aromatic rings. The van der Waals surface area contributed by atoms with Crippen molar-refractivity contribution in [2.75, 3.05) is 16.8 Å². The topological polar surface area (TPSA) is 58.1 Å². The molecule has 1 aliphatic heterocycles. The third kappa shape index (κ3) is 3.40. The molecule has 0 spiro atoms. The van der Waals surface area contributed by atoms with Gasteiger partial charge in [0.1, 0.15) is 0 Å². The molecule has 0 aliphatic carbocycles. The molecule has 0 bridgehead atoms. The summed E-state index contributed by atoms with van der Waals surface area (Å²) < 4.78 is 0. The van der Waals surface area contributed by atoms with Crippen molar-refractivity contribution in [3.63, 3.8) is 0 Å². The van der Waals surface area contributed by atoms with Crippen molar-refractivity contribution in [3.8, 4) is 0 Å². The van der Waals surface area contributed by atoms with Crippen LogP contribution in [0.25, 0.3) is 0 Å². The van der Waals surface area contributed by atoms with Gasteiger partial charge in [0, 0.05) is 30.7 Å². The second-order valence-electron chi connectivity index (χ2n) is 6.76. The Morgan fingerprint density at radius 1 is 1.29 bits per heavy atom. The van der Waals surface area contributed by atoms with E-state index in [1.54, 1.807) is 12.4 Å². The minimum atomic E-state index is -0.0406. The number of hydrogen-bond acceptors (Lipinski definition) is 4. The molecule has 126 valence electrons. The predicted molar refractivity (Wildman–Crippen MR) is 96.4 cm³/mol. The number of benzene rings is 1. The minimum Gasteiger partial charge on any atom is -0.354 e. The van der Waals surface area contributed by atoms with Crippen LogP contribution in [0.1, 0.15) is 43.1 Å². The number of amides is 1. The van der Waals surface area contributed by atoms with Crippen molar-refractivity contribution in [2.24, 2.45) is 5.92 Å². The molecule has 5 heteroatoms. The molecule has 2 heterocycles. The highest BCUT2D eigenvalue weighted by Crippen LogP contribution is 2.32. The average molecular weight is 324 g/mol. The molecule has 1 aromatic heterocycles. The maximum atomic E-state index is 12.9. The molecular weight excluding hydrogens is 300 g/mol. The van der Waals surface area contributed by atoms with Gasteiger partial charge in [0.25, 0.3) is 5.91 Å². The zero-order chi connectivity index (χ0) is 17.1. The monoisotopic (exact) mass is 324 g/mol. The van der Waals surface area contributed by atoms with E-state index in [9.17, 15) is 4.79 Å². The molecule has 1 amide bonds. The molecule has 0 fully saturated rings. The molecule has 5 nitrogen and oxygen atoms in total. The number of nitrogens with one attached hydrogen (secondary N) is 1. The smallest absolute Gasteiger partial charge is 0.261 e. The summed E-state index contributed by atoms with van der Waals surface area (Å²) in [5.74, 6) is 1.17. The maximum Gasteiger partial charge on any atom is 0.261 e. The zero-order valence-electron chi connectivity index (χ0n) is 14.5. The third-order valence-electron chi connectivity index (χ3n) is 4.33. The summed E-state index contributed by atoms with van der Waals surface area (Å²) in [6.45, 7) is 7.26. The summed E-state index contributed by atoms with van der Waals surface area (Å²) in [6.07, 6.45) is 5.17. The number of aromatic nitrogens is 2. The molecule has 3 rings (SSSR count). The van der Waals surface area contributed by atoms with Crippen LogP contribution in [0.4, 0.5) is 11.6 Å². The lowest BCUT2D eigenvalue weighted by Gasteiger charge is -2.22. The molecule has 1 atom stereocenters. The summed E-state index contributed by atoms with van der Waals surface area (Å²) in [5, 5.41) is 3.19. The Labute approximate surface area is 143 Å². The van der Waals surface area contributed by atoms with Gasteiger partial charge >= 0.3 is 0 Å². The Morgan fingerprint density at radius 3 is 2.71 bits per heavy atom. The highest BCUT2D eigenvalue weighted by Gasteiger charge is 2.31. The number of hydrogen-bond donors (Lipinski definition) is 1. The van der Waals surface area contributed by atoms with Crippen LogP contribution in [0.15, 0.2) is 36.7 Å². The van der Waals surface area contributed by atoms with Crippen LogP contribution >= 0.6 is 0 Å². The number of nitrogens with zero attached hydrogens (tertiary/aromatic N) is 3. The first kappa shape index (κ1) is 16.4. The fourth-order valence-corrected chi connectivity index (χ4v) is 3.02. The lowest BCUT2D eigenvalue weighted by Crippen LogP contribution is -2.35. The first-order valence-electron chi connectivity index (χ1n) is 8.53. The number of anilines is 2. The maximum absolute atomic E-state index is 12.9. The van der Waals surface area contributed by atoms with E-state index in [0.29, 0.717) is 17.4 Å². The highest BCUT2D eigenvalue weighted by atomic mass is 16.2. The van der Waals surface area contributed by atoms with Gasteiger partial charge in [-0.15, -0.1) is 0 Å². The lowest BCUT2D eigenvalue weighted by molar-refractivity contribution is 0.0981. The fraction of sp³-hybridized carbons (Fsp3) is 0.421. The van der Waals surface area contributed by atoms with Crippen molar-refractivity contribution in [1.29, 1.82) is 0 Å². The van der Waals surface area contributed by atoms with Crippen LogP contribution in [0, 0.1) is 5.92 Å². The summed E-state index contributed by atoms with van der Waals surface area (Å²) in [6, 6.07) is 8.21. The predicted octanol–water partition coefficient (Wildman–Crippen LogP) is 3.53. The van der Waals surface area contributed by atoms with E-state index < -0.39 is 0 Å². The van der Waals surface area contributed by atoms with E-state index in [-0.39, 0.29) is 11.9 Å². The molecule has 1 aromatic carbocycles. The lowest BCUT2D eigenvalue weighted by atomic mass is 10.1. The number of carbonyl (C=O) groups excluding carboxylic acids is 1. The van der Waals surface area contributed by atoms with Crippen LogP contribution in [0.5, 0.6) is 0 Å². The molecule has 1 unspecified atom stereocenters. The van der Waals surface area contributed by atoms with Gasteiger partial charge < -0.3 is 10.2 Å². The number of rotatable bonds is 5. The van der Waals surface area contributed by atoms with E-state index in [4.69, 9.17) is 0 Å². The second kappa shape index (κ2) is 6.99. The van der Waals surface area contributed by atoms with Gasteiger partial charge in [0.2, 0.25) is 5.95 Å². The molecule has 24 heavy (non-hydrogen) atoms. The van der Waals surface area contributed by atoms with Gasteiger partial charge in [-0.2, -0.15) is 0 Å². The van der Waals surface area contributed by atoms with Gasteiger partial charge in [0.05, 0.1) is 5.56 Å². The number of fused-ring (bicyclic) bond motifs is 1. The highest BCUT2D eigenvalue weighted by molar-refractivity contribution is 6.07. The van der Waals surface area contributed by atoms with E-state index in [1.807, 2.05) is 23.1 Å². The van der Waals surface area contributed by atoms with Gasteiger partial charge in [-0.1, -0.05) is 32.0 Å². The Balaban J connectivity index is 1.71. The number of para-hydroxylation sites is 1. The van der Waals surface area contributed by atoms with E-state index >= 15 is 0 Å². The average Bonchev–Trinajstić information content (AvgIpc) is 2.90. The van der Waals surface area contributed by atoms with E-state index in [2.05, 4.69) is 42.1 Å². The second-order valence-corrected chi connectivity index (χ2v) is 6.76. The summed E-state index contributed by atoms with van der Waals surface area (Å²) in [7, 11) is 0. The first-order valence-corrected chi connectivity index (χ1v) is 8.53.